The summed E-state index contributed by atoms with van der Waals surface area (Å²) in [6, 6.07) is 3.47. The van der Waals surface area contributed by atoms with Crippen LogP contribution in [-0.4, -0.2) is 16.9 Å². The maximum absolute atomic E-state index is 11.7. The highest BCUT2D eigenvalue weighted by molar-refractivity contribution is 9.10. The Morgan fingerprint density at radius 2 is 2.44 bits per heavy atom. The normalized spacial score (nSPS) is 11.6. The van der Waals surface area contributed by atoms with Gasteiger partial charge >= 0.3 is 0 Å². The number of terminal acetylenes is 1. The van der Waals surface area contributed by atoms with Crippen LogP contribution in [0.5, 0.6) is 0 Å². The Morgan fingerprint density at radius 1 is 1.69 bits per heavy atom. The molecule has 0 aliphatic carbocycles. The summed E-state index contributed by atoms with van der Waals surface area (Å²) in [4.78, 5) is 15.8. The Labute approximate surface area is 104 Å². The summed E-state index contributed by atoms with van der Waals surface area (Å²) in [5.41, 5.74) is 0.402. The molecule has 0 spiro atoms. The molecule has 0 aliphatic rings. The SMILES string of the molecule is C#CCC(CC)NC(=O)c1ccc(Br)cn1. The van der Waals surface area contributed by atoms with E-state index in [4.69, 9.17) is 6.42 Å². The number of hydrogen-bond donors (Lipinski definition) is 1. The molecule has 0 radical (unpaired) electrons. The molecule has 0 fully saturated rings. The third-order valence-corrected chi connectivity index (χ3v) is 2.62. The molecule has 1 amide bonds. The minimum absolute atomic E-state index is 0.0166. The standard InChI is InChI=1S/C12H13BrN2O/c1-3-5-10(4-2)15-12(16)11-7-6-9(13)8-14-11/h1,6-8,10H,4-5H2,2H3,(H,15,16). The molecule has 0 aromatic carbocycles. The van der Waals surface area contributed by atoms with Gasteiger partial charge in [-0.05, 0) is 34.5 Å². The van der Waals surface area contributed by atoms with E-state index in [0.717, 1.165) is 10.9 Å². The molecule has 4 heteroatoms. The number of carbonyl (C=O) groups excluding carboxylic acids is 1. The van der Waals surface area contributed by atoms with E-state index in [9.17, 15) is 4.79 Å². The molecule has 1 heterocycles. The number of carbonyl (C=O) groups is 1. The number of halogens is 1. The summed E-state index contributed by atoms with van der Waals surface area (Å²) in [6.45, 7) is 1.98. The Hall–Kier alpha value is -1.34. The highest BCUT2D eigenvalue weighted by atomic mass is 79.9. The first-order valence-corrected chi connectivity index (χ1v) is 5.82. The van der Waals surface area contributed by atoms with E-state index in [2.05, 4.69) is 32.2 Å². The summed E-state index contributed by atoms with van der Waals surface area (Å²) < 4.78 is 0.847. The van der Waals surface area contributed by atoms with E-state index in [1.54, 1.807) is 18.3 Å². The maximum atomic E-state index is 11.7. The van der Waals surface area contributed by atoms with Gasteiger partial charge in [-0.25, -0.2) is 4.98 Å². The number of rotatable bonds is 4. The molecular weight excluding hydrogens is 268 g/mol. The molecule has 0 bridgehead atoms. The van der Waals surface area contributed by atoms with E-state index in [1.165, 1.54) is 0 Å². The quantitative estimate of drug-likeness (QED) is 0.861. The fourth-order valence-electron chi connectivity index (χ4n) is 1.21. The monoisotopic (exact) mass is 280 g/mol. The van der Waals surface area contributed by atoms with Crippen molar-refractivity contribution in [3.63, 3.8) is 0 Å². The predicted octanol–water partition coefficient (Wildman–Crippen LogP) is 2.38. The number of nitrogens with one attached hydrogen (secondary N) is 1. The summed E-state index contributed by atoms with van der Waals surface area (Å²) in [7, 11) is 0. The van der Waals surface area contributed by atoms with Crippen molar-refractivity contribution in [2.45, 2.75) is 25.8 Å². The highest BCUT2D eigenvalue weighted by Crippen LogP contribution is 2.07. The second-order valence-electron chi connectivity index (χ2n) is 3.35. The van der Waals surface area contributed by atoms with E-state index in [0.29, 0.717) is 12.1 Å². The van der Waals surface area contributed by atoms with Crippen LogP contribution in [-0.2, 0) is 0 Å². The van der Waals surface area contributed by atoms with E-state index < -0.39 is 0 Å². The van der Waals surface area contributed by atoms with Gasteiger partial charge in [-0.15, -0.1) is 12.3 Å². The van der Waals surface area contributed by atoms with Crippen molar-refractivity contribution in [1.82, 2.24) is 10.3 Å². The molecule has 1 aromatic rings. The van der Waals surface area contributed by atoms with Crippen molar-refractivity contribution >= 4 is 21.8 Å². The first-order chi connectivity index (χ1) is 7.67. The largest absolute Gasteiger partial charge is 0.347 e. The first kappa shape index (κ1) is 12.7. The smallest absolute Gasteiger partial charge is 0.270 e. The van der Waals surface area contributed by atoms with Crippen LogP contribution in [0.1, 0.15) is 30.3 Å². The molecule has 0 aliphatic heterocycles. The van der Waals surface area contributed by atoms with Gasteiger partial charge in [0.25, 0.3) is 5.91 Å². The lowest BCUT2D eigenvalue weighted by atomic mass is 10.1. The van der Waals surface area contributed by atoms with E-state index in [-0.39, 0.29) is 11.9 Å². The maximum Gasteiger partial charge on any atom is 0.270 e. The molecule has 1 rings (SSSR count). The Bertz CT molecular complexity index is 394. The number of hydrogen-bond acceptors (Lipinski definition) is 2. The molecule has 1 N–H and O–H groups in total. The predicted molar refractivity (Wildman–Crippen MR) is 66.9 cm³/mol. The van der Waals surface area contributed by atoms with Gasteiger partial charge in [0.2, 0.25) is 0 Å². The van der Waals surface area contributed by atoms with Crippen molar-refractivity contribution in [1.29, 1.82) is 0 Å². The van der Waals surface area contributed by atoms with Crippen LogP contribution in [0.2, 0.25) is 0 Å². The zero-order valence-corrected chi connectivity index (χ0v) is 10.6. The van der Waals surface area contributed by atoms with E-state index in [1.807, 2.05) is 6.92 Å². The van der Waals surface area contributed by atoms with Crippen molar-refractivity contribution in [3.8, 4) is 12.3 Å². The summed E-state index contributed by atoms with van der Waals surface area (Å²) in [5, 5.41) is 2.84. The Balaban J connectivity index is 2.65. The molecule has 16 heavy (non-hydrogen) atoms. The lowest BCUT2D eigenvalue weighted by Crippen LogP contribution is -2.34. The van der Waals surface area contributed by atoms with Crippen LogP contribution in [0.3, 0.4) is 0 Å². The highest BCUT2D eigenvalue weighted by Gasteiger charge is 2.11. The number of pyridine rings is 1. The van der Waals surface area contributed by atoms with Crippen molar-refractivity contribution in [3.05, 3.63) is 28.5 Å². The third kappa shape index (κ3) is 3.67. The molecule has 3 nitrogen and oxygen atoms in total. The lowest BCUT2D eigenvalue weighted by Gasteiger charge is -2.13. The second kappa shape index (κ2) is 6.29. The van der Waals surface area contributed by atoms with Gasteiger partial charge in [-0.1, -0.05) is 6.92 Å². The van der Waals surface area contributed by atoms with Crippen LogP contribution in [0, 0.1) is 12.3 Å². The van der Waals surface area contributed by atoms with Gasteiger partial charge in [-0.3, -0.25) is 4.79 Å². The third-order valence-electron chi connectivity index (χ3n) is 2.15. The average Bonchev–Trinajstić information content (AvgIpc) is 2.29. The van der Waals surface area contributed by atoms with Crippen LogP contribution >= 0.6 is 15.9 Å². The van der Waals surface area contributed by atoms with Crippen LogP contribution < -0.4 is 5.32 Å². The van der Waals surface area contributed by atoms with Crippen LogP contribution in [0.15, 0.2) is 22.8 Å². The molecular formula is C12H13BrN2O. The fraction of sp³-hybridized carbons (Fsp3) is 0.333. The van der Waals surface area contributed by atoms with Gasteiger partial charge in [0, 0.05) is 23.1 Å². The number of aromatic nitrogens is 1. The minimum Gasteiger partial charge on any atom is -0.347 e. The van der Waals surface area contributed by atoms with Crippen LogP contribution in [0.4, 0.5) is 0 Å². The Morgan fingerprint density at radius 3 is 2.94 bits per heavy atom. The summed E-state index contributed by atoms with van der Waals surface area (Å²) >= 11 is 3.26. The minimum atomic E-state index is -0.186. The first-order valence-electron chi connectivity index (χ1n) is 5.03. The number of amides is 1. The lowest BCUT2D eigenvalue weighted by molar-refractivity contribution is 0.0931. The van der Waals surface area contributed by atoms with Crippen LogP contribution in [0.25, 0.3) is 0 Å². The molecule has 0 saturated carbocycles. The molecule has 1 unspecified atom stereocenters. The van der Waals surface area contributed by atoms with Crippen molar-refractivity contribution in [2.75, 3.05) is 0 Å². The second-order valence-corrected chi connectivity index (χ2v) is 4.26. The molecule has 1 atom stereocenters. The molecule has 1 aromatic heterocycles. The fourth-order valence-corrected chi connectivity index (χ4v) is 1.44. The average molecular weight is 281 g/mol. The van der Waals surface area contributed by atoms with E-state index >= 15 is 0 Å². The Kier molecular flexibility index (Phi) is 5.00. The molecule has 0 saturated heterocycles. The number of nitrogens with zero attached hydrogens (tertiary/aromatic N) is 1. The van der Waals surface area contributed by atoms with Gasteiger partial charge in [0.1, 0.15) is 5.69 Å². The summed E-state index contributed by atoms with van der Waals surface area (Å²) in [5.74, 6) is 2.36. The zero-order valence-electron chi connectivity index (χ0n) is 9.03. The van der Waals surface area contributed by atoms with Crippen molar-refractivity contribution in [2.24, 2.45) is 0 Å². The van der Waals surface area contributed by atoms with Gasteiger partial charge in [0.05, 0.1) is 0 Å². The van der Waals surface area contributed by atoms with Gasteiger partial charge < -0.3 is 5.32 Å². The zero-order chi connectivity index (χ0) is 12.0. The summed E-state index contributed by atoms with van der Waals surface area (Å²) in [6.07, 6.45) is 8.16. The molecule has 84 valence electrons. The van der Waals surface area contributed by atoms with Gasteiger partial charge in [0.15, 0.2) is 0 Å². The van der Waals surface area contributed by atoms with Gasteiger partial charge in [-0.2, -0.15) is 0 Å². The topological polar surface area (TPSA) is 42.0 Å². The van der Waals surface area contributed by atoms with Crippen molar-refractivity contribution < 1.29 is 4.79 Å².